The van der Waals surface area contributed by atoms with Gasteiger partial charge in [0.2, 0.25) is 5.91 Å². The highest BCUT2D eigenvalue weighted by Crippen LogP contribution is 2.28. The Hall–Kier alpha value is -1.26. The summed E-state index contributed by atoms with van der Waals surface area (Å²) in [6.45, 7) is 5.63. The van der Waals surface area contributed by atoms with E-state index in [-0.39, 0.29) is 5.91 Å². The summed E-state index contributed by atoms with van der Waals surface area (Å²) in [4.78, 5) is 15.5. The maximum atomic E-state index is 11.3. The number of amides is 1. The van der Waals surface area contributed by atoms with Crippen molar-refractivity contribution >= 4 is 11.9 Å². The van der Waals surface area contributed by atoms with Gasteiger partial charge in [-0.25, -0.2) is 0 Å². The number of carbonyl (C=O) groups excluding carboxylic acids is 1. The minimum absolute atomic E-state index is 0.0922. The van der Waals surface area contributed by atoms with Crippen LogP contribution in [0.5, 0.6) is 0 Å². The Balaban J connectivity index is 2.09. The Bertz CT molecular complexity index is 278. The van der Waals surface area contributed by atoms with Crippen molar-refractivity contribution < 1.29 is 4.79 Å². The Morgan fingerprint density at radius 3 is 2.59 bits per heavy atom. The van der Waals surface area contributed by atoms with Crippen LogP contribution >= 0.6 is 0 Å². The SMILES string of the molecule is CCCNC(=O)CCNC(=NC)NC1CC1C. The molecule has 1 aliphatic carbocycles. The zero-order chi connectivity index (χ0) is 12.7. The molecular weight excluding hydrogens is 216 g/mol. The van der Waals surface area contributed by atoms with E-state index in [1.54, 1.807) is 7.05 Å². The highest BCUT2D eigenvalue weighted by molar-refractivity contribution is 5.81. The zero-order valence-corrected chi connectivity index (χ0v) is 11.0. The zero-order valence-electron chi connectivity index (χ0n) is 11.0. The summed E-state index contributed by atoms with van der Waals surface area (Å²) >= 11 is 0. The molecule has 1 amide bonds. The lowest BCUT2D eigenvalue weighted by Crippen LogP contribution is -2.40. The van der Waals surface area contributed by atoms with Gasteiger partial charge in [0.05, 0.1) is 0 Å². The maximum absolute atomic E-state index is 11.3. The normalized spacial score (nSPS) is 23.1. The lowest BCUT2D eigenvalue weighted by molar-refractivity contribution is -0.120. The molecule has 0 spiro atoms. The van der Waals surface area contributed by atoms with Gasteiger partial charge in [-0.05, 0) is 18.8 Å². The van der Waals surface area contributed by atoms with Crippen molar-refractivity contribution in [2.75, 3.05) is 20.1 Å². The number of nitrogens with one attached hydrogen (secondary N) is 3. The number of hydrogen-bond acceptors (Lipinski definition) is 2. The van der Waals surface area contributed by atoms with E-state index in [0.29, 0.717) is 19.0 Å². The average Bonchev–Trinajstić information content (AvgIpc) is 3.01. The molecule has 1 aliphatic rings. The van der Waals surface area contributed by atoms with Crippen LogP contribution in [0.2, 0.25) is 0 Å². The fourth-order valence-electron chi connectivity index (χ4n) is 1.54. The van der Waals surface area contributed by atoms with Crippen LogP contribution in [0, 0.1) is 5.92 Å². The molecule has 2 atom stereocenters. The molecule has 5 nitrogen and oxygen atoms in total. The number of aliphatic imine (C=N–C) groups is 1. The number of nitrogens with zero attached hydrogens (tertiary/aromatic N) is 1. The predicted molar refractivity (Wildman–Crippen MR) is 70.0 cm³/mol. The second-order valence-corrected chi connectivity index (χ2v) is 4.56. The molecule has 0 radical (unpaired) electrons. The Morgan fingerprint density at radius 1 is 1.35 bits per heavy atom. The van der Waals surface area contributed by atoms with Gasteiger partial charge in [0.25, 0.3) is 0 Å². The van der Waals surface area contributed by atoms with Crippen molar-refractivity contribution in [2.45, 2.75) is 39.2 Å². The van der Waals surface area contributed by atoms with Crippen molar-refractivity contribution in [1.82, 2.24) is 16.0 Å². The Morgan fingerprint density at radius 2 is 2.06 bits per heavy atom. The molecule has 1 saturated carbocycles. The van der Waals surface area contributed by atoms with Crippen LogP contribution in [0.1, 0.15) is 33.1 Å². The summed E-state index contributed by atoms with van der Waals surface area (Å²) in [5.74, 6) is 1.62. The number of carbonyl (C=O) groups is 1. The third-order valence-electron chi connectivity index (χ3n) is 2.87. The van der Waals surface area contributed by atoms with E-state index in [9.17, 15) is 4.79 Å². The third kappa shape index (κ3) is 5.56. The van der Waals surface area contributed by atoms with E-state index >= 15 is 0 Å². The monoisotopic (exact) mass is 240 g/mol. The van der Waals surface area contributed by atoms with Gasteiger partial charge in [0.15, 0.2) is 5.96 Å². The van der Waals surface area contributed by atoms with Crippen molar-refractivity contribution in [2.24, 2.45) is 10.9 Å². The number of guanidine groups is 1. The molecule has 0 heterocycles. The summed E-state index contributed by atoms with van der Waals surface area (Å²) in [5, 5.41) is 9.31. The first kappa shape index (κ1) is 13.8. The van der Waals surface area contributed by atoms with Crippen LogP contribution in [0.25, 0.3) is 0 Å². The second kappa shape index (κ2) is 7.14. The van der Waals surface area contributed by atoms with Crippen LogP contribution in [0.15, 0.2) is 4.99 Å². The van der Waals surface area contributed by atoms with Crippen molar-refractivity contribution in [3.8, 4) is 0 Å². The molecule has 1 fully saturated rings. The largest absolute Gasteiger partial charge is 0.356 e. The Labute approximate surface area is 103 Å². The lowest BCUT2D eigenvalue weighted by atomic mass is 10.4. The Kier molecular flexibility index (Phi) is 5.80. The van der Waals surface area contributed by atoms with Gasteiger partial charge in [-0.2, -0.15) is 0 Å². The molecular formula is C12H24N4O. The summed E-state index contributed by atoms with van der Waals surface area (Å²) in [5.41, 5.74) is 0. The summed E-state index contributed by atoms with van der Waals surface area (Å²) in [7, 11) is 1.75. The van der Waals surface area contributed by atoms with Crippen LogP contribution in [-0.2, 0) is 4.79 Å². The van der Waals surface area contributed by atoms with Crippen molar-refractivity contribution in [3.05, 3.63) is 0 Å². The number of hydrogen-bond donors (Lipinski definition) is 3. The van der Waals surface area contributed by atoms with E-state index < -0.39 is 0 Å². The molecule has 0 aliphatic heterocycles. The lowest BCUT2D eigenvalue weighted by Gasteiger charge is -2.11. The van der Waals surface area contributed by atoms with Gasteiger partial charge in [0.1, 0.15) is 0 Å². The molecule has 98 valence electrons. The van der Waals surface area contributed by atoms with Gasteiger partial charge >= 0.3 is 0 Å². The van der Waals surface area contributed by atoms with Gasteiger partial charge in [-0.3, -0.25) is 9.79 Å². The molecule has 3 N–H and O–H groups in total. The predicted octanol–water partition coefficient (Wildman–Crippen LogP) is 0.476. The quantitative estimate of drug-likeness (QED) is 0.467. The molecule has 0 bridgehead atoms. The standard InChI is InChI=1S/C12H24N4O/c1-4-6-14-11(17)5-7-15-12(13-3)16-10-8-9(10)2/h9-10H,4-8H2,1-3H3,(H,14,17)(H2,13,15,16). The minimum Gasteiger partial charge on any atom is -0.356 e. The maximum Gasteiger partial charge on any atom is 0.221 e. The van der Waals surface area contributed by atoms with E-state index in [0.717, 1.165) is 24.8 Å². The molecule has 0 aromatic rings. The van der Waals surface area contributed by atoms with Gasteiger partial charge < -0.3 is 16.0 Å². The molecule has 1 rings (SSSR count). The molecule has 0 aromatic carbocycles. The van der Waals surface area contributed by atoms with Crippen molar-refractivity contribution in [1.29, 1.82) is 0 Å². The van der Waals surface area contributed by atoms with Crippen LogP contribution in [0.3, 0.4) is 0 Å². The third-order valence-corrected chi connectivity index (χ3v) is 2.87. The first-order chi connectivity index (χ1) is 8.17. The molecule has 2 unspecified atom stereocenters. The smallest absolute Gasteiger partial charge is 0.221 e. The molecule has 5 heteroatoms. The van der Waals surface area contributed by atoms with Crippen molar-refractivity contribution in [3.63, 3.8) is 0 Å². The van der Waals surface area contributed by atoms with Crippen LogP contribution < -0.4 is 16.0 Å². The first-order valence-corrected chi connectivity index (χ1v) is 6.41. The summed E-state index contributed by atoms with van der Waals surface area (Å²) in [6, 6.07) is 0.551. The van der Waals surface area contributed by atoms with E-state index in [1.807, 2.05) is 6.92 Å². The topological polar surface area (TPSA) is 65.5 Å². The summed E-state index contributed by atoms with van der Waals surface area (Å²) in [6.07, 6.45) is 2.67. The molecule has 0 saturated heterocycles. The van der Waals surface area contributed by atoms with Crippen LogP contribution in [-0.4, -0.2) is 38.0 Å². The van der Waals surface area contributed by atoms with E-state index in [2.05, 4.69) is 27.9 Å². The van der Waals surface area contributed by atoms with Crippen LogP contribution in [0.4, 0.5) is 0 Å². The minimum atomic E-state index is 0.0922. The highest BCUT2D eigenvalue weighted by atomic mass is 16.1. The van der Waals surface area contributed by atoms with E-state index in [1.165, 1.54) is 6.42 Å². The van der Waals surface area contributed by atoms with E-state index in [4.69, 9.17) is 0 Å². The van der Waals surface area contributed by atoms with Gasteiger partial charge in [-0.1, -0.05) is 13.8 Å². The number of rotatable bonds is 6. The van der Waals surface area contributed by atoms with Gasteiger partial charge in [-0.15, -0.1) is 0 Å². The summed E-state index contributed by atoms with van der Waals surface area (Å²) < 4.78 is 0. The van der Waals surface area contributed by atoms with Gasteiger partial charge in [0, 0.05) is 32.6 Å². The average molecular weight is 240 g/mol. The first-order valence-electron chi connectivity index (χ1n) is 6.41. The fourth-order valence-corrected chi connectivity index (χ4v) is 1.54. The second-order valence-electron chi connectivity index (χ2n) is 4.56. The molecule has 0 aromatic heterocycles. The molecule has 17 heavy (non-hydrogen) atoms. The highest BCUT2D eigenvalue weighted by Gasteiger charge is 2.33. The fraction of sp³-hybridized carbons (Fsp3) is 0.833.